The number of hydrogen-bond donors (Lipinski definition) is 5. The van der Waals surface area contributed by atoms with Crippen molar-refractivity contribution in [1.29, 1.82) is 0 Å². The Morgan fingerprint density at radius 3 is 2.42 bits per heavy atom. The zero-order valence-corrected chi connectivity index (χ0v) is 24.9. The number of aromatic amines is 1. The van der Waals surface area contributed by atoms with E-state index in [0.717, 1.165) is 24.1 Å². The van der Waals surface area contributed by atoms with Crippen molar-refractivity contribution in [2.24, 2.45) is 5.41 Å². The van der Waals surface area contributed by atoms with Gasteiger partial charge in [-0.05, 0) is 48.4 Å². The molecule has 0 spiro atoms. The highest BCUT2D eigenvalue weighted by Crippen LogP contribution is 2.59. The molecule has 1 aromatic heterocycles. The Bertz CT molecular complexity index is 1600. The Hall–Kier alpha value is -3.60. The molecule has 3 aromatic rings. The molecule has 4 atom stereocenters. The van der Waals surface area contributed by atoms with Crippen LogP contribution in [0.1, 0.15) is 67.6 Å². The molecule has 5 rings (SSSR count). The summed E-state index contributed by atoms with van der Waals surface area (Å²) in [5.74, 6) is -1.04. The van der Waals surface area contributed by atoms with E-state index in [-0.39, 0.29) is 28.9 Å². The molecule has 1 saturated heterocycles. The summed E-state index contributed by atoms with van der Waals surface area (Å²) in [5.41, 5.74) is -4.60. The van der Waals surface area contributed by atoms with Gasteiger partial charge < -0.3 is 30.3 Å². The van der Waals surface area contributed by atoms with E-state index in [4.69, 9.17) is 9.79 Å². The van der Waals surface area contributed by atoms with Crippen LogP contribution in [0.4, 0.5) is 8.78 Å². The van der Waals surface area contributed by atoms with Crippen molar-refractivity contribution in [2.45, 2.75) is 69.7 Å². The van der Waals surface area contributed by atoms with Crippen molar-refractivity contribution in [3.8, 4) is 0 Å². The van der Waals surface area contributed by atoms with Gasteiger partial charge in [0.2, 0.25) is 11.8 Å². The predicted octanol–water partition coefficient (Wildman–Crippen LogP) is 4.20. The summed E-state index contributed by atoms with van der Waals surface area (Å²) in [5, 5.41) is 5.98. The van der Waals surface area contributed by atoms with Gasteiger partial charge in [0, 0.05) is 35.0 Å². The van der Waals surface area contributed by atoms with Crippen LogP contribution in [0, 0.1) is 5.41 Å². The van der Waals surface area contributed by atoms with E-state index >= 15 is 0 Å². The Labute approximate surface area is 247 Å². The van der Waals surface area contributed by atoms with Crippen LogP contribution in [0.2, 0.25) is 0 Å². The molecule has 10 nitrogen and oxygen atoms in total. The maximum absolute atomic E-state index is 14.2. The molecule has 2 heterocycles. The molecule has 0 radical (unpaired) electrons. The van der Waals surface area contributed by atoms with E-state index in [1.165, 1.54) is 17.0 Å². The third kappa shape index (κ3) is 6.23. The van der Waals surface area contributed by atoms with Crippen molar-refractivity contribution in [3.63, 3.8) is 0 Å². The second-order valence-corrected chi connectivity index (χ2v) is 14.1. The van der Waals surface area contributed by atoms with Gasteiger partial charge in [-0.1, -0.05) is 57.2 Å². The molecule has 2 aliphatic rings. The van der Waals surface area contributed by atoms with Crippen LogP contribution < -0.4 is 10.6 Å². The SMILES string of the molecule is CC(C)(C)[C@H](NC(=O)c1cc2cc(C(F)(F)P(=O)(O)O)ccc2[nH]1)C(=O)N1CCC[C@H]1C(=O)N[C@@H]1C[C@H]1c1ccccc1. The third-order valence-electron chi connectivity index (χ3n) is 8.15. The number of hydrogen-bond acceptors (Lipinski definition) is 4. The monoisotopic (exact) mass is 616 g/mol. The molecule has 1 saturated carbocycles. The summed E-state index contributed by atoms with van der Waals surface area (Å²) in [4.78, 5) is 62.9. The Kier molecular flexibility index (Phi) is 8.00. The Balaban J connectivity index is 1.29. The first-order valence-corrected chi connectivity index (χ1v) is 15.7. The molecule has 5 N–H and O–H groups in total. The number of carbonyl (C=O) groups is 3. The lowest BCUT2D eigenvalue weighted by Crippen LogP contribution is -2.57. The molecule has 13 heteroatoms. The van der Waals surface area contributed by atoms with E-state index in [9.17, 15) is 27.7 Å². The van der Waals surface area contributed by atoms with Crippen molar-refractivity contribution in [2.75, 3.05) is 6.54 Å². The molecule has 230 valence electrons. The minimum absolute atomic E-state index is 0.00902. The molecule has 0 bridgehead atoms. The van der Waals surface area contributed by atoms with E-state index in [0.29, 0.717) is 24.9 Å². The number of nitrogens with zero attached hydrogens (tertiary/aromatic N) is 1. The lowest BCUT2D eigenvalue weighted by atomic mass is 9.85. The van der Waals surface area contributed by atoms with Gasteiger partial charge in [0.15, 0.2) is 0 Å². The maximum Gasteiger partial charge on any atom is 0.399 e. The van der Waals surface area contributed by atoms with E-state index in [2.05, 4.69) is 15.6 Å². The number of rotatable bonds is 8. The van der Waals surface area contributed by atoms with Crippen LogP contribution in [0.15, 0.2) is 54.6 Å². The molecule has 0 unspecified atom stereocenters. The van der Waals surface area contributed by atoms with Crippen LogP contribution in [0.25, 0.3) is 10.9 Å². The summed E-state index contributed by atoms with van der Waals surface area (Å²) in [6.45, 7) is 5.74. The van der Waals surface area contributed by atoms with Gasteiger partial charge in [-0.15, -0.1) is 0 Å². The van der Waals surface area contributed by atoms with Crippen LogP contribution >= 0.6 is 7.60 Å². The highest BCUT2D eigenvalue weighted by atomic mass is 31.2. The number of nitrogens with one attached hydrogen (secondary N) is 3. The zero-order chi connectivity index (χ0) is 31.3. The lowest BCUT2D eigenvalue weighted by molar-refractivity contribution is -0.141. The number of H-pyrrole nitrogens is 1. The van der Waals surface area contributed by atoms with Gasteiger partial charge >= 0.3 is 13.3 Å². The van der Waals surface area contributed by atoms with E-state index < -0.39 is 48.1 Å². The van der Waals surface area contributed by atoms with E-state index in [1.54, 1.807) is 20.8 Å². The molecule has 1 aliphatic heterocycles. The smallest absolute Gasteiger partial charge is 0.351 e. The van der Waals surface area contributed by atoms with Crippen LogP contribution in [0.5, 0.6) is 0 Å². The van der Waals surface area contributed by atoms with Gasteiger partial charge in [0.05, 0.1) is 0 Å². The van der Waals surface area contributed by atoms with Crippen molar-refractivity contribution < 1.29 is 37.5 Å². The van der Waals surface area contributed by atoms with Gasteiger partial charge in [-0.25, -0.2) is 0 Å². The number of aromatic nitrogens is 1. The molecular weight excluding hydrogens is 581 g/mol. The highest BCUT2D eigenvalue weighted by molar-refractivity contribution is 7.52. The number of benzene rings is 2. The normalized spacial score (nSPS) is 21.5. The maximum atomic E-state index is 14.2. The van der Waals surface area contributed by atoms with Crippen LogP contribution in [-0.4, -0.2) is 62.1 Å². The number of likely N-dealkylation sites (tertiary alicyclic amines) is 1. The number of alkyl halides is 2. The highest BCUT2D eigenvalue weighted by Gasteiger charge is 2.50. The van der Waals surface area contributed by atoms with Gasteiger partial charge in [0.25, 0.3) is 5.91 Å². The number of carbonyl (C=O) groups excluding carboxylic acids is 3. The number of halogens is 2. The molecule has 2 aromatic carbocycles. The molecule has 3 amide bonds. The zero-order valence-electron chi connectivity index (χ0n) is 24.0. The molecule has 1 aliphatic carbocycles. The van der Waals surface area contributed by atoms with Gasteiger partial charge in [0.1, 0.15) is 17.8 Å². The summed E-state index contributed by atoms with van der Waals surface area (Å²) >= 11 is 0. The molecular formula is C30H35F2N4O6P. The Morgan fingerprint density at radius 1 is 1.07 bits per heavy atom. The summed E-state index contributed by atoms with van der Waals surface area (Å²) in [6, 6.07) is 12.5. The lowest BCUT2D eigenvalue weighted by Gasteiger charge is -2.35. The standard InChI is InChI=1S/C30H35F2N4O6P/c1-29(2,3)25(35-26(37)23-15-18-14-19(11-12-21(18)33-23)30(31,32)43(40,41)42)28(39)36-13-7-10-24(36)27(38)34-22-16-20(22)17-8-5-4-6-9-17/h4-6,8-9,11-12,14-15,20,22,24-25,33H,7,10,13,16H2,1-3H3,(H,34,38)(H,35,37)(H2,40,41,42)/t20-,22+,24-,25+/m0/s1. The number of amides is 3. The van der Waals surface area contributed by atoms with Gasteiger partial charge in [-0.2, -0.15) is 8.78 Å². The second-order valence-electron chi connectivity index (χ2n) is 12.4. The third-order valence-corrected chi connectivity index (χ3v) is 9.14. The minimum atomic E-state index is -5.77. The predicted molar refractivity (Wildman–Crippen MR) is 155 cm³/mol. The molecule has 2 fully saturated rings. The van der Waals surface area contributed by atoms with Crippen molar-refractivity contribution in [1.82, 2.24) is 20.5 Å². The largest absolute Gasteiger partial charge is 0.399 e. The number of fused-ring (bicyclic) bond motifs is 1. The Morgan fingerprint density at radius 2 is 1.77 bits per heavy atom. The van der Waals surface area contributed by atoms with Gasteiger partial charge in [-0.3, -0.25) is 18.9 Å². The first-order valence-electron chi connectivity index (χ1n) is 14.1. The van der Waals surface area contributed by atoms with Crippen LogP contribution in [0.3, 0.4) is 0 Å². The first kappa shape index (κ1) is 30.8. The summed E-state index contributed by atoms with van der Waals surface area (Å²) in [6.07, 6.45) is 1.99. The fourth-order valence-electron chi connectivity index (χ4n) is 5.64. The second kappa shape index (κ2) is 11.2. The first-order chi connectivity index (χ1) is 20.1. The fraction of sp³-hybridized carbons (Fsp3) is 0.433. The topological polar surface area (TPSA) is 152 Å². The average molecular weight is 617 g/mol. The minimum Gasteiger partial charge on any atom is -0.351 e. The van der Waals surface area contributed by atoms with Crippen molar-refractivity contribution in [3.05, 3.63) is 71.4 Å². The summed E-state index contributed by atoms with van der Waals surface area (Å²) < 4.78 is 39.8. The van der Waals surface area contributed by atoms with E-state index in [1.807, 2.05) is 30.3 Å². The van der Waals surface area contributed by atoms with Crippen molar-refractivity contribution >= 4 is 36.2 Å². The van der Waals surface area contributed by atoms with Crippen LogP contribution in [-0.2, 0) is 19.8 Å². The average Bonchev–Trinajstić information content (AvgIpc) is 3.32. The quantitative estimate of drug-likeness (QED) is 0.239. The molecule has 43 heavy (non-hydrogen) atoms. The summed E-state index contributed by atoms with van der Waals surface area (Å²) in [7, 11) is -5.77. The fourth-order valence-corrected chi connectivity index (χ4v) is 6.11.